The van der Waals surface area contributed by atoms with Crippen molar-refractivity contribution in [1.29, 1.82) is 0 Å². The third-order valence-corrected chi connectivity index (χ3v) is 1.22. The summed E-state index contributed by atoms with van der Waals surface area (Å²) in [7, 11) is 1.50. The normalized spacial score (nSPS) is 6.70. The van der Waals surface area contributed by atoms with E-state index in [9.17, 15) is 0 Å². The molecule has 0 amide bonds. The van der Waals surface area contributed by atoms with Gasteiger partial charge in [0.15, 0.2) is 0 Å². The molecule has 0 aliphatic heterocycles. The van der Waals surface area contributed by atoms with Crippen molar-refractivity contribution in [3.05, 3.63) is 0 Å². The monoisotopic (exact) mass is 160 g/mol. The Hall–Kier alpha value is 0.452. The summed E-state index contributed by atoms with van der Waals surface area (Å²) in [6, 6.07) is 0. The van der Waals surface area contributed by atoms with Crippen molar-refractivity contribution in [2.24, 2.45) is 0 Å². The predicted octanol–water partition coefficient (Wildman–Crippen LogP) is -0.284. The molecule has 60 valence electrons. The van der Waals surface area contributed by atoms with Crippen molar-refractivity contribution < 1.29 is 10.2 Å². The van der Waals surface area contributed by atoms with Crippen molar-refractivity contribution in [3.63, 3.8) is 0 Å². The molecule has 0 aromatic heterocycles. The van der Waals surface area contributed by atoms with Gasteiger partial charge in [0.1, 0.15) is 0 Å². The molecule has 2 nitrogen and oxygen atoms in total. The van der Waals surface area contributed by atoms with Gasteiger partial charge in [0, 0.05) is 0 Å². The van der Waals surface area contributed by atoms with Crippen LogP contribution in [0, 0.1) is 0 Å². The van der Waals surface area contributed by atoms with Gasteiger partial charge >= 0.3 is 47.8 Å². The maximum absolute atomic E-state index is 8.25. The van der Waals surface area contributed by atoms with Crippen LogP contribution in [0.25, 0.3) is 0 Å². The second-order valence-corrected chi connectivity index (χ2v) is 2.07. The zero-order chi connectivity index (χ0) is 8.83. The van der Waals surface area contributed by atoms with Gasteiger partial charge < -0.3 is 10.2 Å². The summed E-state index contributed by atoms with van der Waals surface area (Å²) in [5, 5.41) is 17.8. The van der Waals surface area contributed by atoms with Crippen LogP contribution in [0.5, 0.6) is 0 Å². The number of unbranched alkanes of at least 4 members (excludes halogenated alkanes) is 2. The van der Waals surface area contributed by atoms with E-state index < -0.39 is 0 Å². The first-order valence-electron chi connectivity index (χ1n) is 3.43. The molecular formula is C7H17AlO2. The Bertz CT molecular complexity index is 23.6. The largest absolute Gasteiger partial charge is 0.857 e. The summed E-state index contributed by atoms with van der Waals surface area (Å²) in [6.07, 6.45) is 4.11. The predicted molar refractivity (Wildman–Crippen MR) is 41.9 cm³/mol. The van der Waals surface area contributed by atoms with Gasteiger partial charge in [-0.05, 0) is 0 Å². The third-order valence-electron chi connectivity index (χ3n) is 0.808. The van der Waals surface area contributed by atoms with E-state index in [0.29, 0.717) is 0 Å². The molecule has 0 saturated heterocycles. The third kappa shape index (κ3) is 39.4. The van der Waals surface area contributed by atoms with Gasteiger partial charge in [-0.25, -0.2) is 0 Å². The van der Waals surface area contributed by atoms with Gasteiger partial charge in [-0.2, -0.15) is 14.2 Å². The van der Waals surface area contributed by atoms with Gasteiger partial charge in [0.05, 0.1) is 0 Å². The molecule has 0 N–H and O–H groups in total. The van der Waals surface area contributed by atoms with Crippen LogP contribution in [0.4, 0.5) is 0 Å². The minimum absolute atomic E-state index is 0.750. The Labute approximate surface area is 72.7 Å². The Kier molecular flexibility index (Phi) is 57.3. The zero-order valence-electron chi connectivity index (χ0n) is 7.22. The fourth-order valence-corrected chi connectivity index (χ4v) is 0.683. The van der Waals surface area contributed by atoms with Crippen LogP contribution in [0.2, 0.25) is 5.28 Å². The minimum Gasteiger partial charge on any atom is -0.857 e. The molecule has 0 atom stereocenters. The first-order valence-corrected chi connectivity index (χ1v) is 4.25. The second kappa shape index (κ2) is 34.1. The van der Waals surface area contributed by atoms with Crippen LogP contribution in [-0.2, 0) is 0 Å². The molecule has 0 spiro atoms. The van der Waals surface area contributed by atoms with Crippen molar-refractivity contribution in [2.45, 2.75) is 31.5 Å². The maximum atomic E-state index is 8.25. The average Bonchev–Trinajstić information content (AvgIpc) is 2.08. The summed E-state index contributed by atoms with van der Waals surface area (Å²) in [5.74, 6) is 0. The smallest absolute Gasteiger partial charge is 0.153 e. The van der Waals surface area contributed by atoms with Gasteiger partial charge in [0.2, 0.25) is 0 Å². The van der Waals surface area contributed by atoms with Crippen molar-refractivity contribution in [2.75, 3.05) is 14.2 Å². The van der Waals surface area contributed by atoms with E-state index in [4.69, 9.17) is 10.2 Å². The van der Waals surface area contributed by atoms with Crippen LogP contribution in [0.3, 0.4) is 0 Å². The Morgan fingerprint density at radius 3 is 1.50 bits per heavy atom. The van der Waals surface area contributed by atoms with Crippen molar-refractivity contribution in [3.8, 4) is 0 Å². The molecule has 0 heterocycles. The Balaban J connectivity index is -0.000000105. The summed E-state index contributed by atoms with van der Waals surface area (Å²) in [4.78, 5) is 0. The molecule has 0 rings (SSSR count). The van der Waals surface area contributed by atoms with Gasteiger partial charge in [-0.15, -0.1) is 0 Å². The fourth-order valence-electron chi connectivity index (χ4n) is 0.394. The maximum Gasteiger partial charge on any atom is -0.153 e. The summed E-state index contributed by atoms with van der Waals surface area (Å²) in [5.41, 5.74) is 0. The molecule has 0 aliphatic rings. The minimum atomic E-state index is 0.750. The van der Waals surface area contributed by atoms with Crippen LogP contribution in [0.15, 0.2) is 0 Å². The molecule has 0 aliphatic carbocycles. The standard InChI is InChI=1S/C5H11.2CH3O.Al/c1-3-5-4-2;2*1-2;/h1,3-5H2,2H3;2*1H3;/q;2*-1;+2. The Morgan fingerprint density at radius 1 is 1.00 bits per heavy atom. The first kappa shape index (κ1) is 16.8. The second-order valence-electron chi connectivity index (χ2n) is 1.50. The van der Waals surface area contributed by atoms with E-state index in [-0.39, 0.29) is 0 Å². The van der Waals surface area contributed by atoms with E-state index in [0.717, 1.165) is 14.2 Å². The quantitative estimate of drug-likeness (QED) is 0.421. The summed E-state index contributed by atoms with van der Waals surface area (Å²) < 4.78 is 0. The van der Waals surface area contributed by atoms with Crippen molar-refractivity contribution >= 4 is 16.3 Å². The van der Waals surface area contributed by atoms with Crippen molar-refractivity contribution in [1.82, 2.24) is 0 Å². The van der Waals surface area contributed by atoms with Crippen LogP contribution >= 0.6 is 0 Å². The van der Waals surface area contributed by atoms with E-state index in [1.165, 1.54) is 24.5 Å². The molecular weight excluding hydrogens is 143 g/mol. The van der Waals surface area contributed by atoms with Crippen LogP contribution < -0.4 is 10.2 Å². The van der Waals surface area contributed by atoms with Crippen LogP contribution in [-0.4, -0.2) is 30.5 Å². The fraction of sp³-hybridized carbons (Fsp3) is 1.00. The zero-order valence-corrected chi connectivity index (χ0v) is 8.38. The molecule has 0 radical (unpaired) electrons. The molecule has 0 fully saturated rings. The first-order chi connectivity index (χ1) is 4.91. The number of rotatable bonds is 3. The van der Waals surface area contributed by atoms with Gasteiger partial charge in [-0.1, -0.05) is 0 Å². The SMILES string of the molecule is CCCC[CH2][Al+2].C[O-].C[O-]. The summed E-state index contributed by atoms with van der Waals surface area (Å²) in [6.45, 7) is 2.22. The molecule has 0 aromatic rings. The molecule has 0 aromatic carbocycles. The molecule has 0 saturated carbocycles. The molecule has 0 unspecified atom stereocenters. The molecule has 10 heavy (non-hydrogen) atoms. The van der Waals surface area contributed by atoms with Gasteiger partial charge in [0.25, 0.3) is 0 Å². The van der Waals surface area contributed by atoms with E-state index in [2.05, 4.69) is 23.2 Å². The topological polar surface area (TPSA) is 46.1 Å². The Morgan fingerprint density at radius 2 is 1.40 bits per heavy atom. The number of hydrogen-bond acceptors (Lipinski definition) is 2. The number of hydrogen-bond donors (Lipinski definition) is 0. The van der Waals surface area contributed by atoms with E-state index >= 15 is 0 Å². The van der Waals surface area contributed by atoms with E-state index in [1.54, 1.807) is 0 Å². The molecule has 0 bridgehead atoms. The summed E-state index contributed by atoms with van der Waals surface area (Å²) >= 11 is 2.73. The van der Waals surface area contributed by atoms with E-state index in [1.807, 2.05) is 0 Å². The molecule has 3 heteroatoms. The average molecular weight is 160 g/mol. The van der Waals surface area contributed by atoms with Gasteiger partial charge in [-0.3, -0.25) is 0 Å². The van der Waals surface area contributed by atoms with Crippen LogP contribution in [0.1, 0.15) is 26.2 Å².